The molecule has 4 rings (SSSR count). The Morgan fingerprint density at radius 2 is 1.56 bits per heavy atom. The Morgan fingerprint density at radius 1 is 0.880 bits per heavy atom. The molecule has 120 valence electrons. The van der Waals surface area contributed by atoms with Crippen molar-refractivity contribution in [2.45, 2.75) is 0 Å². The number of benzene rings is 3. The number of fused-ring (bicyclic) bond motifs is 1. The van der Waals surface area contributed by atoms with Crippen LogP contribution in [0.15, 0.2) is 84.2 Å². The zero-order valence-corrected chi connectivity index (χ0v) is 13.5. The van der Waals surface area contributed by atoms with E-state index in [1.54, 1.807) is 16.8 Å². The van der Waals surface area contributed by atoms with Gasteiger partial charge in [-0.15, -0.1) is 5.10 Å². The van der Waals surface area contributed by atoms with Crippen molar-refractivity contribution < 1.29 is 0 Å². The Hall–Kier alpha value is -3.53. The van der Waals surface area contributed by atoms with Gasteiger partial charge in [0.1, 0.15) is 5.69 Å². The van der Waals surface area contributed by atoms with Crippen molar-refractivity contribution in [2.24, 2.45) is 0 Å². The van der Waals surface area contributed by atoms with Crippen LogP contribution in [0.5, 0.6) is 0 Å². The van der Waals surface area contributed by atoms with E-state index in [0.29, 0.717) is 22.8 Å². The van der Waals surface area contributed by atoms with Crippen LogP contribution < -0.4 is 5.43 Å². The fourth-order valence-corrected chi connectivity index (χ4v) is 2.83. The fourth-order valence-electron chi connectivity index (χ4n) is 2.83. The van der Waals surface area contributed by atoms with E-state index in [4.69, 9.17) is 5.10 Å². The molecule has 25 heavy (non-hydrogen) atoms. The summed E-state index contributed by atoms with van der Waals surface area (Å²) >= 11 is 0. The third-order valence-electron chi connectivity index (χ3n) is 4.03. The maximum atomic E-state index is 12.3. The molecule has 0 N–H and O–H groups in total. The van der Waals surface area contributed by atoms with Gasteiger partial charge in [0.2, 0.25) is 0 Å². The minimum atomic E-state index is -0.0942. The lowest BCUT2D eigenvalue weighted by molar-refractivity contribution is 0.826. The molecule has 1 aliphatic heterocycles. The summed E-state index contributed by atoms with van der Waals surface area (Å²) in [5.41, 5.74) is 3.55. The lowest BCUT2D eigenvalue weighted by Crippen LogP contribution is -2.16. The van der Waals surface area contributed by atoms with E-state index >= 15 is 0 Å². The Balaban J connectivity index is 2.10. The largest absolute Gasteiger partial charge is 0.289 e. The van der Waals surface area contributed by atoms with Gasteiger partial charge in [-0.25, -0.2) is 9.67 Å². The highest BCUT2D eigenvalue weighted by molar-refractivity contribution is 5.73. The number of nitrogens with zero attached hydrogens (tertiary/aromatic N) is 3. The second-order valence-corrected chi connectivity index (χ2v) is 5.60. The summed E-state index contributed by atoms with van der Waals surface area (Å²) in [7, 11) is 0. The molecular formula is C21H15N3O. The molecule has 0 atom stereocenters. The molecule has 0 radical (unpaired) electrons. The molecule has 1 heterocycles. The number of rotatable bonds is 3. The third kappa shape index (κ3) is 2.64. The van der Waals surface area contributed by atoms with Crippen LogP contribution in [0.2, 0.25) is 0 Å². The Labute approximate surface area is 145 Å². The fraction of sp³-hybridized carbons (Fsp3) is 0. The van der Waals surface area contributed by atoms with Crippen molar-refractivity contribution in [3.05, 3.63) is 95.2 Å². The Morgan fingerprint density at radius 3 is 2.24 bits per heavy atom. The van der Waals surface area contributed by atoms with Crippen molar-refractivity contribution in [3.8, 4) is 28.5 Å². The predicted octanol–water partition coefficient (Wildman–Crippen LogP) is 4.04. The zero-order valence-electron chi connectivity index (χ0n) is 13.5. The molecule has 0 bridgehead atoms. The maximum Gasteiger partial charge on any atom is 0.188 e. The summed E-state index contributed by atoms with van der Waals surface area (Å²) in [5.74, 6) is 0.602. The van der Waals surface area contributed by atoms with Gasteiger partial charge in [-0.05, 0) is 24.3 Å². The maximum absolute atomic E-state index is 12.3. The van der Waals surface area contributed by atoms with Crippen LogP contribution in [0.25, 0.3) is 34.5 Å². The van der Waals surface area contributed by atoms with Crippen LogP contribution in [0.3, 0.4) is 0 Å². The number of hydrogen-bond acceptors (Lipinski definition) is 3. The van der Waals surface area contributed by atoms with E-state index in [1.165, 1.54) is 6.07 Å². The summed E-state index contributed by atoms with van der Waals surface area (Å²) < 4.78 is 1.77. The van der Waals surface area contributed by atoms with Crippen LogP contribution >= 0.6 is 0 Å². The smallest absolute Gasteiger partial charge is 0.188 e. The van der Waals surface area contributed by atoms with Crippen molar-refractivity contribution in [2.75, 3.05) is 0 Å². The molecule has 2 aliphatic rings. The first-order chi connectivity index (χ1) is 12.3. The van der Waals surface area contributed by atoms with E-state index in [1.807, 2.05) is 60.7 Å². The van der Waals surface area contributed by atoms with E-state index in [2.05, 4.69) is 11.6 Å². The van der Waals surface area contributed by atoms with Crippen molar-refractivity contribution in [1.29, 1.82) is 0 Å². The van der Waals surface area contributed by atoms with Crippen LogP contribution in [0.1, 0.15) is 5.56 Å². The monoisotopic (exact) mass is 325 g/mol. The zero-order chi connectivity index (χ0) is 17.2. The number of para-hydroxylation sites is 1. The minimum absolute atomic E-state index is 0.0942. The van der Waals surface area contributed by atoms with E-state index in [9.17, 15) is 4.79 Å². The average Bonchev–Trinajstić information content (AvgIpc) is 2.68. The lowest BCUT2D eigenvalue weighted by Gasteiger charge is -2.17. The highest BCUT2D eigenvalue weighted by Crippen LogP contribution is 2.27. The molecule has 2 aromatic carbocycles. The highest BCUT2D eigenvalue weighted by atomic mass is 16.1. The Bertz CT molecular complexity index is 1070. The van der Waals surface area contributed by atoms with Gasteiger partial charge in [0.05, 0.1) is 11.4 Å². The van der Waals surface area contributed by atoms with Gasteiger partial charge in [0.25, 0.3) is 0 Å². The molecule has 0 aromatic heterocycles. The second-order valence-electron chi connectivity index (χ2n) is 5.60. The topological polar surface area (TPSA) is 47.8 Å². The first kappa shape index (κ1) is 15.0. The molecular weight excluding hydrogens is 310 g/mol. The molecule has 0 unspecified atom stereocenters. The standard InChI is InChI=1S/C21H15N3O/c1-2-17-19(25)14-13-18-20(17)24(16-11-7-4-8-12-16)23-21(22-18)15-9-5-3-6-10-15/h2-14H,1H2. The van der Waals surface area contributed by atoms with E-state index < -0.39 is 0 Å². The molecule has 0 amide bonds. The van der Waals surface area contributed by atoms with E-state index in [0.717, 1.165) is 11.3 Å². The molecule has 2 aromatic rings. The van der Waals surface area contributed by atoms with Gasteiger partial charge in [0, 0.05) is 11.1 Å². The molecule has 0 saturated heterocycles. The molecule has 0 fully saturated rings. The normalized spacial score (nSPS) is 10.7. The van der Waals surface area contributed by atoms with Crippen molar-refractivity contribution in [3.63, 3.8) is 0 Å². The molecule has 1 aliphatic carbocycles. The summed E-state index contributed by atoms with van der Waals surface area (Å²) in [6.07, 6.45) is 1.57. The van der Waals surface area contributed by atoms with Crippen LogP contribution in [-0.2, 0) is 0 Å². The lowest BCUT2D eigenvalue weighted by atomic mass is 10.1. The molecule has 0 spiro atoms. The number of hydrogen-bond donors (Lipinski definition) is 0. The first-order valence-corrected chi connectivity index (χ1v) is 7.95. The second kappa shape index (κ2) is 6.17. The molecule has 0 saturated carbocycles. The van der Waals surface area contributed by atoms with Gasteiger partial charge in [0.15, 0.2) is 11.3 Å². The summed E-state index contributed by atoms with van der Waals surface area (Å²) in [6, 6.07) is 22.8. The van der Waals surface area contributed by atoms with E-state index in [-0.39, 0.29) is 5.43 Å². The van der Waals surface area contributed by atoms with Crippen molar-refractivity contribution >= 4 is 6.08 Å². The summed E-state index contributed by atoms with van der Waals surface area (Å²) in [4.78, 5) is 16.9. The van der Waals surface area contributed by atoms with Crippen LogP contribution in [-0.4, -0.2) is 14.8 Å². The highest BCUT2D eigenvalue weighted by Gasteiger charge is 2.18. The van der Waals surface area contributed by atoms with Gasteiger partial charge in [-0.3, -0.25) is 4.79 Å². The summed E-state index contributed by atoms with van der Waals surface area (Å²) in [6.45, 7) is 3.79. The molecule has 4 nitrogen and oxygen atoms in total. The SMILES string of the molecule is C=Cc1c2n(-c3ccccc3)nc(-c3ccccc3)nc-2ccc1=O. The quantitative estimate of drug-likeness (QED) is 0.571. The van der Waals surface area contributed by atoms with Gasteiger partial charge < -0.3 is 0 Å². The van der Waals surface area contributed by atoms with Crippen molar-refractivity contribution in [1.82, 2.24) is 14.8 Å². The Kier molecular flexibility index (Phi) is 3.71. The first-order valence-electron chi connectivity index (χ1n) is 7.95. The van der Waals surface area contributed by atoms with Gasteiger partial charge in [-0.1, -0.05) is 61.2 Å². The van der Waals surface area contributed by atoms with Gasteiger partial charge >= 0.3 is 0 Å². The molecule has 4 heteroatoms. The van der Waals surface area contributed by atoms with Crippen LogP contribution in [0.4, 0.5) is 0 Å². The minimum Gasteiger partial charge on any atom is -0.289 e. The average molecular weight is 325 g/mol. The number of aromatic nitrogens is 3. The van der Waals surface area contributed by atoms with Gasteiger partial charge in [-0.2, -0.15) is 0 Å². The third-order valence-corrected chi connectivity index (χ3v) is 4.03. The summed E-state index contributed by atoms with van der Waals surface area (Å²) in [5, 5.41) is 4.71. The predicted molar refractivity (Wildman–Crippen MR) is 99.8 cm³/mol. The van der Waals surface area contributed by atoms with Crippen LogP contribution in [0, 0.1) is 0 Å².